The third kappa shape index (κ3) is 2.11. The second kappa shape index (κ2) is 5.23. The fraction of sp³-hybridized carbons (Fsp3) is 0.357. The van der Waals surface area contributed by atoms with E-state index in [0.29, 0.717) is 0 Å². The van der Waals surface area contributed by atoms with Gasteiger partial charge in [-0.1, -0.05) is 13.0 Å². The predicted octanol–water partition coefficient (Wildman–Crippen LogP) is 2.46. The third-order valence-corrected chi connectivity index (χ3v) is 3.01. The summed E-state index contributed by atoms with van der Waals surface area (Å²) in [5.41, 5.74) is 8.12. The van der Waals surface area contributed by atoms with Crippen molar-refractivity contribution in [2.75, 3.05) is 7.11 Å². The van der Waals surface area contributed by atoms with Crippen LogP contribution in [0.5, 0.6) is 5.75 Å². The van der Waals surface area contributed by atoms with Crippen molar-refractivity contribution in [3.8, 4) is 11.4 Å². The Morgan fingerprint density at radius 1 is 1.44 bits per heavy atom. The van der Waals surface area contributed by atoms with Crippen molar-refractivity contribution in [1.29, 1.82) is 0 Å². The molecule has 0 fully saturated rings. The Bertz CT molecular complexity index is 532. The zero-order chi connectivity index (χ0) is 13.1. The van der Waals surface area contributed by atoms with Gasteiger partial charge in [-0.15, -0.1) is 0 Å². The monoisotopic (exact) mass is 245 g/mol. The van der Waals surface area contributed by atoms with E-state index >= 15 is 0 Å². The highest BCUT2D eigenvalue weighted by Gasteiger charge is 2.15. The van der Waals surface area contributed by atoms with Crippen LogP contribution in [0.25, 0.3) is 5.69 Å². The fourth-order valence-electron chi connectivity index (χ4n) is 2.19. The van der Waals surface area contributed by atoms with E-state index in [9.17, 15) is 0 Å². The molecule has 96 valence electrons. The lowest BCUT2D eigenvalue weighted by Gasteiger charge is -2.18. The van der Waals surface area contributed by atoms with E-state index < -0.39 is 0 Å². The topological polar surface area (TPSA) is 53.1 Å². The van der Waals surface area contributed by atoms with Gasteiger partial charge in [0, 0.05) is 30.4 Å². The maximum atomic E-state index is 6.07. The number of nitrogens with two attached hydrogens (primary N) is 1. The molecule has 2 N–H and O–H groups in total. The fourth-order valence-corrected chi connectivity index (χ4v) is 2.19. The Hall–Kier alpha value is -1.81. The molecule has 0 unspecified atom stereocenters. The molecule has 0 saturated heterocycles. The molecule has 0 amide bonds. The van der Waals surface area contributed by atoms with Crippen LogP contribution in [0.4, 0.5) is 0 Å². The highest BCUT2D eigenvalue weighted by atomic mass is 16.5. The molecule has 0 aliphatic rings. The number of ether oxygens (including phenoxy) is 1. The van der Waals surface area contributed by atoms with E-state index in [4.69, 9.17) is 10.5 Å². The quantitative estimate of drug-likeness (QED) is 0.900. The van der Waals surface area contributed by atoms with E-state index in [-0.39, 0.29) is 6.04 Å². The Labute approximate surface area is 107 Å². The normalized spacial score (nSPS) is 12.4. The highest BCUT2D eigenvalue weighted by Crippen LogP contribution is 2.30. The minimum absolute atomic E-state index is 0.0942. The first kappa shape index (κ1) is 12.6. The summed E-state index contributed by atoms with van der Waals surface area (Å²) in [4.78, 5) is 4.35. The lowest BCUT2D eigenvalue weighted by molar-refractivity contribution is 0.406. The molecular weight excluding hydrogens is 226 g/mol. The lowest BCUT2D eigenvalue weighted by Crippen LogP contribution is -2.12. The van der Waals surface area contributed by atoms with E-state index in [0.717, 1.165) is 29.2 Å². The SMILES string of the molecule is CCc1nccn1-c1cccc(OC)c1[C@H](C)N. The summed E-state index contributed by atoms with van der Waals surface area (Å²) >= 11 is 0. The minimum atomic E-state index is -0.0942. The molecular formula is C14H19N3O. The van der Waals surface area contributed by atoms with Gasteiger partial charge in [-0.25, -0.2) is 4.98 Å². The van der Waals surface area contributed by atoms with Crippen molar-refractivity contribution in [3.05, 3.63) is 42.0 Å². The molecule has 0 aliphatic heterocycles. The number of methoxy groups -OCH3 is 1. The van der Waals surface area contributed by atoms with Crippen LogP contribution in [0.1, 0.15) is 31.3 Å². The van der Waals surface area contributed by atoms with Gasteiger partial charge in [0.25, 0.3) is 0 Å². The highest BCUT2D eigenvalue weighted by molar-refractivity contribution is 5.52. The van der Waals surface area contributed by atoms with Gasteiger partial charge in [0.05, 0.1) is 12.8 Å². The first-order valence-corrected chi connectivity index (χ1v) is 6.14. The standard InChI is InChI=1S/C14H19N3O/c1-4-13-16-8-9-17(13)11-6-5-7-12(18-3)14(11)10(2)15/h5-10H,4,15H2,1-3H3/t10-/m0/s1. The van der Waals surface area contributed by atoms with Gasteiger partial charge < -0.3 is 15.0 Å². The summed E-state index contributed by atoms with van der Waals surface area (Å²) in [6.07, 6.45) is 4.64. The zero-order valence-corrected chi connectivity index (χ0v) is 11.1. The van der Waals surface area contributed by atoms with Gasteiger partial charge in [0.1, 0.15) is 11.6 Å². The predicted molar refractivity (Wildman–Crippen MR) is 72.1 cm³/mol. The molecule has 2 aromatic rings. The summed E-state index contributed by atoms with van der Waals surface area (Å²) < 4.78 is 7.48. The number of hydrogen-bond donors (Lipinski definition) is 1. The van der Waals surface area contributed by atoms with E-state index in [1.807, 2.05) is 37.5 Å². The van der Waals surface area contributed by atoms with Gasteiger partial charge >= 0.3 is 0 Å². The van der Waals surface area contributed by atoms with Crippen molar-refractivity contribution in [2.45, 2.75) is 26.3 Å². The number of aromatic nitrogens is 2. The van der Waals surface area contributed by atoms with Gasteiger partial charge in [-0.2, -0.15) is 0 Å². The summed E-state index contributed by atoms with van der Waals surface area (Å²) in [7, 11) is 1.67. The molecule has 1 heterocycles. The number of rotatable bonds is 4. The molecule has 18 heavy (non-hydrogen) atoms. The Morgan fingerprint density at radius 3 is 2.83 bits per heavy atom. The molecule has 4 nitrogen and oxygen atoms in total. The maximum absolute atomic E-state index is 6.07. The Balaban J connectivity index is 2.64. The smallest absolute Gasteiger partial charge is 0.125 e. The van der Waals surface area contributed by atoms with Crippen LogP contribution in [0.3, 0.4) is 0 Å². The number of aryl methyl sites for hydroxylation is 1. The van der Waals surface area contributed by atoms with Crippen LogP contribution in [0.2, 0.25) is 0 Å². The second-order valence-corrected chi connectivity index (χ2v) is 4.25. The lowest BCUT2D eigenvalue weighted by atomic mass is 10.0. The molecule has 0 spiro atoms. The number of nitrogens with zero attached hydrogens (tertiary/aromatic N) is 2. The van der Waals surface area contributed by atoms with Crippen molar-refractivity contribution in [3.63, 3.8) is 0 Å². The van der Waals surface area contributed by atoms with Crippen LogP contribution in [-0.2, 0) is 6.42 Å². The minimum Gasteiger partial charge on any atom is -0.496 e. The molecule has 0 aliphatic carbocycles. The maximum Gasteiger partial charge on any atom is 0.125 e. The average molecular weight is 245 g/mol. The molecule has 1 aromatic carbocycles. The number of benzene rings is 1. The van der Waals surface area contributed by atoms with Crippen LogP contribution in [-0.4, -0.2) is 16.7 Å². The molecule has 2 rings (SSSR count). The van der Waals surface area contributed by atoms with E-state index in [2.05, 4.69) is 16.5 Å². The van der Waals surface area contributed by atoms with Crippen LogP contribution >= 0.6 is 0 Å². The van der Waals surface area contributed by atoms with Gasteiger partial charge in [-0.05, 0) is 19.1 Å². The average Bonchev–Trinajstić information content (AvgIpc) is 2.85. The first-order chi connectivity index (χ1) is 8.69. The van der Waals surface area contributed by atoms with Crippen molar-refractivity contribution < 1.29 is 4.74 Å². The third-order valence-electron chi connectivity index (χ3n) is 3.01. The number of hydrogen-bond acceptors (Lipinski definition) is 3. The van der Waals surface area contributed by atoms with Crippen molar-refractivity contribution in [1.82, 2.24) is 9.55 Å². The molecule has 0 saturated carbocycles. The summed E-state index contributed by atoms with van der Waals surface area (Å²) in [5.74, 6) is 1.84. The Kier molecular flexibility index (Phi) is 3.67. The second-order valence-electron chi connectivity index (χ2n) is 4.25. The number of imidazole rings is 1. The molecule has 1 aromatic heterocycles. The van der Waals surface area contributed by atoms with Gasteiger partial charge in [0.2, 0.25) is 0 Å². The molecule has 0 bridgehead atoms. The molecule has 1 atom stereocenters. The van der Waals surface area contributed by atoms with Gasteiger partial charge in [-0.3, -0.25) is 0 Å². The molecule has 4 heteroatoms. The van der Waals surface area contributed by atoms with E-state index in [1.165, 1.54) is 0 Å². The van der Waals surface area contributed by atoms with Crippen LogP contribution in [0, 0.1) is 0 Å². The molecule has 0 radical (unpaired) electrons. The van der Waals surface area contributed by atoms with E-state index in [1.54, 1.807) is 7.11 Å². The summed E-state index contributed by atoms with van der Waals surface area (Å²) in [6, 6.07) is 5.86. The largest absolute Gasteiger partial charge is 0.496 e. The summed E-state index contributed by atoms with van der Waals surface area (Å²) in [5, 5.41) is 0. The summed E-state index contributed by atoms with van der Waals surface area (Å²) in [6.45, 7) is 4.05. The van der Waals surface area contributed by atoms with Crippen molar-refractivity contribution in [2.24, 2.45) is 5.73 Å². The van der Waals surface area contributed by atoms with Crippen LogP contribution < -0.4 is 10.5 Å². The van der Waals surface area contributed by atoms with Gasteiger partial charge in [0.15, 0.2) is 0 Å². The Morgan fingerprint density at radius 2 is 2.22 bits per heavy atom. The van der Waals surface area contributed by atoms with Crippen molar-refractivity contribution >= 4 is 0 Å². The zero-order valence-electron chi connectivity index (χ0n) is 11.1. The first-order valence-electron chi connectivity index (χ1n) is 6.14. The van der Waals surface area contributed by atoms with Crippen LogP contribution in [0.15, 0.2) is 30.6 Å².